The number of halogens is 7. The molecule has 1 aromatic heterocycles. The third kappa shape index (κ3) is 7.79. The number of nitrogens with one attached hydrogen (secondary N) is 3. The summed E-state index contributed by atoms with van der Waals surface area (Å²) in [5.41, 5.74) is -7.62. The summed E-state index contributed by atoms with van der Waals surface area (Å²) in [7, 11) is -2.65. The van der Waals surface area contributed by atoms with Crippen molar-refractivity contribution in [3.63, 3.8) is 0 Å². The standard InChI is InChI=1S/C25H29F7N6O5S/c1-38-8-6-13(7-9-38)34-21(39)14-10-20(42-2)18(11-16(14)26)35-23-33-12-15(24(27,28)29)22(36-23)43-19-5-3-4-17(19)37-44(40,41)25(30,31)32/h10-13,17,19,37H,3-9H2,1-2H3,(H,34,39)(H,33,35,36)/t17-,19-/m1/s1. The molecule has 1 saturated heterocycles. The molecule has 1 amide bonds. The van der Waals surface area contributed by atoms with Crippen LogP contribution in [0.2, 0.25) is 0 Å². The number of carbonyl (C=O) groups is 1. The number of likely N-dealkylation sites (tertiary alicyclic amines) is 1. The molecule has 0 radical (unpaired) electrons. The number of amides is 1. The lowest BCUT2D eigenvalue weighted by Crippen LogP contribution is -2.47. The predicted octanol–water partition coefficient (Wildman–Crippen LogP) is 3.95. The zero-order chi connectivity index (χ0) is 32.4. The average molecular weight is 659 g/mol. The maximum absolute atomic E-state index is 15.1. The molecule has 2 aliphatic rings. The van der Waals surface area contributed by atoms with E-state index in [0.717, 1.165) is 25.2 Å². The molecular formula is C25H29F7N6O5S. The Hall–Kier alpha value is -3.45. The van der Waals surface area contributed by atoms with Gasteiger partial charge in [0.15, 0.2) is 0 Å². The summed E-state index contributed by atoms with van der Waals surface area (Å²) < 4.78 is 130. The van der Waals surface area contributed by atoms with Gasteiger partial charge in [0, 0.05) is 18.3 Å². The molecule has 2 aromatic rings. The van der Waals surface area contributed by atoms with Crippen LogP contribution < -0.4 is 24.8 Å². The molecule has 1 aliphatic heterocycles. The monoisotopic (exact) mass is 658 g/mol. The molecule has 2 heterocycles. The summed E-state index contributed by atoms with van der Waals surface area (Å²) >= 11 is 0. The van der Waals surface area contributed by atoms with Crippen LogP contribution in [-0.2, 0) is 16.2 Å². The topological polar surface area (TPSA) is 135 Å². The minimum absolute atomic E-state index is 0.0742. The van der Waals surface area contributed by atoms with Crippen molar-refractivity contribution in [2.24, 2.45) is 0 Å². The SMILES string of the molecule is COc1cc(C(=O)NC2CCN(C)CC2)c(F)cc1Nc1ncc(C(F)(F)F)c(O[C@@H]2CCC[C@H]2NS(=O)(=O)C(F)(F)F)n1. The molecule has 1 saturated carbocycles. The van der Waals surface area contributed by atoms with Crippen molar-refractivity contribution >= 4 is 27.6 Å². The molecule has 0 spiro atoms. The Kier molecular flexibility index (Phi) is 9.79. The van der Waals surface area contributed by atoms with Gasteiger partial charge in [0.25, 0.3) is 5.91 Å². The lowest BCUT2D eigenvalue weighted by molar-refractivity contribution is -0.140. The van der Waals surface area contributed by atoms with Gasteiger partial charge < -0.3 is 25.0 Å². The van der Waals surface area contributed by atoms with E-state index in [1.807, 2.05) is 7.05 Å². The van der Waals surface area contributed by atoms with Gasteiger partial charge in [-0.1, -0.05) is 0 Å². The van der Waals surface area contributed by atoms with E-state index in [-0.39, 0.29) is 42.3 Å². The van der Waals surface area contributed by atoms with Gasteiger partial charge >= 0.3 is 21.7 Å². The first kappa shape index (κ1) is 33.4. The van der Waals surface area contributed by atoms with E-state index in [1.165, 1.54) is 11.8 Å². The summed E-state index contributed by atoms with van der Waals surface area (Å²) in [6.07, 6.45) is -4.84. The Morgan fingerprint density at radius 1 is 1.07 bits per heavy atom. The van der Waals surface area contributed by atoms with E-state index in [4.69, 9.17) is 9.47 Å². The van der Waals surface area contributed by atoms with Crippen molar-refractivity contribution in [1.29, 1.82) is 0 Å². The second-order valence-electron chi connectivity index (χ2n) is 10.4. The van der Waals surface area contributed by atoms with Crippen LogP contribution in [0.4, 0.5) is 42.4 Å². The number of rotatable bonds is 9. The van der Waals surface area contributed by atoms with Crippen LogP contribution in [0.25, 0.3) is 0 Å². The van der Waals surface area contributed by atoms with E-state index in [1.54, 1.807) is 0 Å². The molecule has 11 nitrogen and oxygen atoms in total. The number of nitrogens with zero attached hydrogens (tertiary/aromatic N) is 3. The van der Waals surface area contributed by atoms with E-state index < -0.39 is 63.0 Å². The molecule has 4 rings (SSSR count). The predicted molar refractivity (Wildman–Crippen MR) is 141 cm³/mol. The zero-order valence-electron chi connectivity index (χ0n) is 23.4. The number of alkyl halides is 6. The molecular weight excluding hydrogens is 629 g/mol. The summed E-state index contributed by atoms with van der Waals surface area (Å²) in [5.74, 6) is -3.38. The number of ether oxygens (including phenoxy) is 2. The summed E-state index contributed by atoms with van der Waals surface area (Å²) in [4.78, 5) is 22.1. The summed E-state index contributed by atoms with van der Waals surface area (Å²) in [5, 5.41) is 5.27. The highest BCUT2D eigenvalue weighted by Crippen LogP contribution is 2.38. The van der Waals surface area contributed by atoms with Gasteiger partial charge in [-0.25, -0.2) is 22.5 Å². The quantitative estimate of drug-likeness (QED) is 0.343. The Bertz CT molecular complexity index is 1470. The van der Waals surface area contributed by atoms with Crippen LogP contribution in [0, 0.1) is 5.82 Å². The number of hydrogen-bond acceptors (Lipinski definition) is 9. The van der Waals surface area contributed by atoms with Gasteiger partial charge in [0.1, 0.15) is 23.2 Å². The highest BCUT2D eigenvalue weighted by Gasteiger charge is 2.49. The first-order valence-corrected chi connectivity index (χ1v) is 14.8. The minimum Gasteiger partial charge on any atom is -0.495 e. The molecule has 1 aromatic carbocycles. The summed E-state index contributed by atoms with van der Waals surface area (Å²) in [6.45, 7) is 1.51. The van der Waals surface area contributed by atoms with Crippen LogP contribution in [0.5, 0.6) is 11.6 Å². The first-order valence-electron chi connectivity index (χ1n) is 13.3. The number of hydrogen-bond donors (Lipinski definition) is 3. The molecule has 244 valence electrons. The van der Waals surface area contributed by atoms with E-state index in [9.17, 15) is 39.6 Å². The minimum atomic E-state index is -5.80. The lowest BCUT2D eigenvalue weighted by Gasteiger charge is -2.29. The first-order chi connectivity index (χ1) is 20.5. The molecule has 44 heavy (non-hydrogen) atoms. The highest BCUT2D eigenvalue weighted by molar-refractivity contribution is 7.90. The molecule has 2 atom stereocenters. The zero-order valence-corrected chi connectivity index (χ0v) is 24.2. The van der Waals surface area contributed by atoms with Gasteiger partial charge in [0.05, 0.1) is 24.4 Å². The smallest absolute Gasteiger partial charge is 0.495 e. The van der Waals surface area contributed by atoms with Gasteiger partial charge in [-0.3, -0.25) is 4.79 Å². The lowest BCUT2D eigenvalue weighted by atomic mass is 10.0. The second kappa shape index (κ2) is 12.9. The van der Waals surface area contributed by atoms with Crippen molar-refractivity contribution in [2.45, 2.75) is 62.0 Å². The van der Waals surface area contributed by atoms with Crippen molar-refractivity contribution in [1.82, 2.24) is 24.9 Å². The van der Waals surface area contributed by atoms with E-state index >= 15 is 4.39 Å². The van der Waals surface area contributed by atoms with Crippen molar-refractivity contribution in [3.8, 4) is 11.6 Å². The van der Waals surface area contributed by atoms with Crippen molar-refractivity contribution in [3.05, 3.63) is 35.3 Å². The van der Waals surface area contributed by atoms with Gasteiger partial charge in [-0.05, 0) is 58.3 Å². The third-order valence-corrected chi connectivity index (χ3v) is 8.44. The van der Waals surface area contributed by atoms with Crippen molar-refractivity contribution in [2.75, 3.05) is 32.6 Å². The van der Waals surface area contributed by atoms with Gasteiger partial charge in [-0.2, -0.15) is 31.3 Å². The fraction of sp³-hybridized carbons (Fsp3) is 0.560. The second-order valence-corrected chi connectivity index (χ2v) is 12.1. The molecule has 3 N–H and O–H groups in total. The molecule has 2 fully saturated rings. The average Bonchev–Trinajstić information content (AvgIpc) is 3.34. The van der Waals surface area contributed by atoms with Gasteiger partial charge in [-0.15, -0.1) is 0 Å². The fourth-order valence-corrected chi connectivity index (χ4v) is 5.65. The van der Waals surface area contributed by atoms with Crippen LogP contribution in [0.1, 0.15) is 48.0 Å². The number of aromatic nitrogens is 2. The molecule has 19 heteroatoms. The van der Waals surface area contributed by atoms with Gasteiger partial charge in [0.2, 0.25) is 11.8 Å². The van der Waals surface area contributed by atoms with E-state index in [2.05, 4.69) is 25.5 Å². The Labute approximate surface area is 247 Å². The Balaban J connectivity index is 1.57. The maximum atomic E-state index is 15.1. The molecule has 0 unspecified atom stereocenters. The highest BCUT2D eigenvalue weighted by atomic mass is 32.2. The summed E-state index contributed by atoms with van der Waals surface area (Å²) in [6, 6.07) is 0.308. The van der Waals surface area contributed by atoms with Crippen molar-refractivity contribution < 1.29 is 53.4 Å². The number of benzene rings is 1. The van der Waals surface area contributed by atoms with Crippen LogP contribution in [0.15, 0.2) is 18.3 Å². The fourth-order valence-electron chi connectivity index (χ4n) is 4.85. The number of carbonyl (C=O) groups excluding carboxylic acids is 1. The molecule has 0 bridgehead atoms. The largest absolute Gasteiger partial charge is 0.511 e. The van der Waals surface area contributed by atoms with E-state index in [0.29, 0.717) is 19.0 Å². The number of methoxy groups -OCH3 is 1. The van der Waals surface area contributed by atoms with Crippen LogP contribution >= 0.6 is 0 Å². The van der Waals surface area contributed by atoms with Crippen LogP contribution in [0.3, 0.4) is 0 Å². The number of piperidine rings is 1. The Morgan fingerprint density at radius 2 is 1.75 bits per heavy atom. The third-order valence-electron chi connectivity index (χ3n) is 7.22. The maximum Gasteiger partial charge on any atom is 0.511 e. The molecule has 1 aliphatic carbocycles. The Morgan fingerprint density at radius 3 is 2.36 bits per heavy atom. The number of anilines is 2. The van der Waals surface area contributed by atoms with Crippen LogP contribution in [-0.4, -0.2) is 80.1 Å². The number of sulfonamides is 1. The normalized spacial score (nSPS) is 20.4.